The van der Waals surface area contributed by atoms with E-state index in [0.29, 0.717) is 47.7 Å². The summed E-state index contributed by atoms with van der Waals surface area (Å²) in [4.78, 5) is 0. The normalized spacial score (nSPS) is 16.4. The van der Waals surface area contributed by atoms with Crippen LogP contribution in [0.1, 0.15) is 24.7 Å². The average molecular weight is 484 g/mol. The van der Waals surface area contributed by atoms with Crippen molar-refractivity contribution in [3.05, 3.63) is 46.1 Å². The number of halogens is 1. The molecule has 0 amide bonds. The van der Waals surface area contributed by atoms with Crippen molar-refractivity contribution in [2.75, 3.05) is 20.2 Å². The predicted octanol–water partition coefficient (Wildman–Crippen LogP) is 4.14. The van der Waals surface area contributed by atoms with E-state index in [1.165, 1.54) is 15.6 Å². The fourth-order valence-corrected chi connectivity index (χ4v) is 6.87. The molecule has 0 aliphatic carbocycles. The maximum Gasteiger partial charge on any atom is 0.252 e. The fraction of sp³-hybridized carbons (Fsp3) is 0.333. The zero-order valence-electron chi connectivity index (χ0n) is 15.0. The van der Waals surface area contributed by atoms with Crippen molar-refractivity contribution in [1.82, 2.24) is 14.5 Å². The summed E-state index contributed by atoms with van der Waals surface area (Å²) in [5.74, 6) is 1.65. The third kappa shape index (κ3) is 3.73. The van der Waals surface area contributed by atoms with Gasteiger partial charge >= 0.3 is 0 Å². The molecular formula is C18H18BrN3O4S2. The Kier molecular flexibility index (Phi) is 5.55. The van der Waals surface area contributed by atoms with E-state index in [0.717, 1.165) is 9.35 Å². The Balaban J connectivity index is 1.47. The van der Waals surface area contributed by atoms with Gasteiger partial charge in [-0.3, -0.25) is 0 Å². The Morgan fingerprint density at radius 1 is 1.18 bits per heavy atom. The van der Waals surface area contributed by atoms with Crippen LogP contribution in [0.15, 0.2) is 48.8 Å². The molecule has 0 spiro atoms. The Labute approximate surface area is 175 Å². The van der Waals surface area contributed by atoms with Crippen molar-refractivity contribution in [2.24, 2.45) is 0 Å². The zero-order valence-corrected chi connectivity index (χ0v) is 18.3. The van der Waals surface area contributed by atoms with Crippen LogP contribution in [0.25, 0.3) is 11.5 Å². The molecule has 1 fully saturated rings. The molecule has 0 atom stereocenters. The maximum atomic E-state index is 12.8. The van der Waals surface area contributed by atoms with E-state index in [-0.39, 0.29) is 5.92 Å². The largest absolute Gasteiger partial charge is 0.496 e. The fourth-order valence-electron chi connectivity index (χ4n) is 3.24. The minimum atomic E-state index is -3.45. The Morgan fingerprint density at radius 2 is 1.93 bits per heavy atom. The molecule has 1 aromatic carbocycles. The van der Waals surface area contributed by atoms with E-state index in [4.69, 9.17) is 9.15 Å². The van der Waals surface area contributed by atoms with Crippen LogP contribution in [0.4, 0.5) is 0 Å². The van der Waals surface area contributed by atoms with Crippen molar-refractivity contribution >= 4 is 37.3 Å². The number of hydrogen-bond donors (Lipinski definition) is 0. The second kappa shape index (κ2) is 7.94. The molecular weight excluding hydrogens is 466 g/mol. The molecule has 148 valence electrons. The smallest absolute Gasteiger partial charge is 0.252 e. The predicted molar refractivity (Wildman–Crippen MR) is 109 cm³/mol. The topological polar surface area (TPSA) is 85.5 Å². The Hall–Kier alpha value is -1.75. The molecule has 7 nitrogen and oxygen atoms in total. The van der Waals surface area contributed by atoms with Gasteiger partial charge in [-0.15, -0.1) is 21.5 Å². The van der Waals surface area contributed by atoms with Crippen molar-refractivity contribution < 1.29 is 17.6 Å². The van der Waals surface area contributed by atoms with Gasteiger partial charge in [0.25, 0.3) is 15.9 Å². The van der Waals surface area contributed by atoms with Crippen LogP contribution < -0.4 is 4.74 Å². The first-order valence-corrected chi connectivity index (χ1v) is 11.8. The highest BCUT2D eigenvalue weighted by atomic mass is 79.9. The molecule has 0 saturated carbocycles. The van der Waals surface area contributed by atoms with Crippen molar-refractivity contribution in [3.8, 4) is 17.2 Å². The summed E-state index contributed by atoms with van der Waals surface area (Å²) < 4.78 is 39.4. The molecule has 1 aliphatic rings. The molecule has 4 rings (SSSR count). The van der Waals surface area contributed by atoms with Gasteiger partial charge in [0.1, 0.15) is 9.96 Å². The molecule has 2 aromatic heterocycles. The van der Waals surface area contributed by atoms with Gasteiger partial charge in [0, 0.05) is 19.0 Å². The molecule has 0 unspecified atom stereocenters. The van der Waals surface area contributed by atoms with Crippen LogP contribution in [0.3, 0.4) is 0 Å². The highest BCUT2D eigenvalue weighted by Gasteiger charge is 2.33. The second-order valence-corrected chi connectivity index (χ2v) is 11.0. The van der Waals surface area contributed by atoms with Crippen LogP contribution in [0.2, 0.25) is 0 Å². The molecule has 28 heavy (non-hydrogen) atoms. The summed E-state index contributed by atoms with van der Waals surface area (Å²) in [7, 11) is -1.86. The number of nitrogens with zero attached hydrogens (tertiary/aromatic N) is 3. The standard InChI is InChI=1S/C18H18BrN3O4S2/c1-25-14-5-3-2-4-13(14)18-21-20-17(26-18)12-8-10-22(11-9-12)28(23,24)16-7-6-15(19)27-16/h2-7,12H,8-11H2,1H3. The van der Waals surface area contributed by atoms with E-state index in [1.807, 2.05) is 24.3 Å². The third-order valence-electron chi connectivity index (χ3n) is 4.72. The molecule has 0 N–H and O–H groups in total. The van der Waals surface area contributed by atoms with Gasteiger partial charge in [0.2, 0.25) is 5.89 Å². The van der Waals surface area contributed by atoms with Crippen molar-refractivity contribution in [3.63, 3.8) is 0 Å². The highest BCUT2D eigenvalue weighted by Crippen LogP contribution is 2.35. The SMILES string of the molecule is COc1ccccc1-c1nnc(C2CCN(S(=O)(=O)c3ccc(Br)s3)CC2)o1. The van der Waals surface area contributed by atoms with Gasteiger partial charge in [-0.2, -0.15) is 4.31 Å². The summed E-state index contributed by atoms with van der Waals surface area (Å²) in [6.45, 7) is 0.851. The molecule has 3 heterocycles. The number of aromatic nitrogens is 2. The van der Waals surface area contributed by atoms with E-state index in [2.05, 4.69) is 26.1 Å². The average Bonchev–Trinajstić information content (AvgIpc) is 3.38. The number of thiophene rings is 1. The summed E-state index contributed by atoms with van der Waals surface area (Å²) >= 11 is 4.54. The lowest BCUT2D eigenvalue weighted by Crippen LogP contribution is -2.37. The summed E-state index contributed by atoms with van der Waals surface area (Å²) in [6.07, 6.45) is 1.28. The molecule has 1 saturated heterocycles. The van der Waals surface area contributed by atoms with Gasteiger partial charge in [-0.05, 0) is 53.0 Å². The van der Waals surface area contributed by atoms with E-state index in [9.17, 15) is 8.42 Å². The van der Waals surface area contributed by atoms with Crippen LogP contribution in [0, 0.1) is 0 Å². The minimum absolute atomic E-state index is 0.0393. The molecule has 1 aliphatic heterocycles. The highest BCUT2D eigenvalue weighted by molar-refractivity contribution is 9.11. The summed E-state index contributed by atoms with van der Waals surface area (Å²) in [6, 6.07) is 10.8. The number of para-hydroxylation sites is 1. The summed E-state index contributed by atoms with van der Waals surface area (Å²) in [5.41, 5.74) is 0.743. The van der Waals surface area contributed by atoms with Crippen molar-refractivity contribution in [1.29, 1.82) is 0 Å². The van der Waals surface area contributed by atoms with Crippen LogP contribution >= 0.6 is 27.3 Å². The lowest BCUT2D eigenvalue weighted by Gasteiger charge is -2.29. The minimum Gasteiger partial charge on any atom is -0.496 e. The van der Waals surface area contributed by atoms with E-state index < -0.39 is 10.0 Å². The quantitative estimate of drug-likeness (QED) is 0.541. The molecule has 3 aromatic rings. The zero-order chi connectivity index (χ0) is 19.7. The van der Waals surface area contributed by atoms with Crippen LogP contribution in [-0.2, 0) is 10.0 Å². The molecule has 0 bridgehead atoms. The number of methoxy groups -OCH3 is 1. The first-order chi connectivity index (χ1) is 13.5. The lowest BCUT2D eigenvalue weighted by atomic mass is 9.98. The van der Waals surface area contributed by atoms with Gasteiger partial charge in [0.05, 0.1) is 16.5 Å². The maximum absolute atomic E-state index is 12.8. The first-order valence-electron chi connectivity index (χ1n) is 8.71. The Morgan fingerprint density at radius 3 is 2.61 bits per heavy atom. The lowest BCUT2D eigenvalue weighted by molar-refractivity contribution is 0.291. The number of sulfonamides is 1. The number of benzene rings is 1. The van der Waals surface area contributed by atoms with Crippen LogP contribution in [0.5, 0.6) is 5.75 Å². The molecule has 0 radical (unpaired) electrons. The van der Waals surface area contributed by atoms with E-state index >= 15 is 0 Å². The van der Waals surface area contributed by atoms with Crippen molar-refractivity contribution in [2.45, 2.75) is 23.0 Å². The van der Waals surface area contributed by atoms with Gasteiger partial charge in [-0.25, -0.2) is 8.42 Å². The number of ether oxygens (including phenoxy) is 1. The van der Waals surface area contributed by atoms with Gasteiger partial charge in [-0.1, -0.05) is 12.1 Å². The van der Waals surface area contributed by atoms with Gasteiger partial charge < -0.3 is 9.15 Å². The Bertz CT molecular complexity index is 1070. The molecule has 10 heteroatoms. The van der Waals surface area contributed by atoms with Crippen LogP contribution in [-0.4, -0.2) is 43.1 Å². The number of rotatable bonds is 5. The number of hydrogen-bond acceptors (Lipinski definition) is 7. The second-order valence-electron chi connectivity index (χ2n) is 6.38. The summed E-state index contributed by atoms with van der Waals surface area (Å²) in [5, 5.41) is 8.35. The van der Waals surface area contributed by atoms with Gasteiger partial charge in [0.15, 0.2) is 0 Å². The number of piperidine rings is 1. The first kappa shape index (κ1) is 19.6. The van der Waals surface area contributed by atoms with E-state index in [1.54, 1.807) is 19.2 Å². The monoisotopic (exact) mass is 483 g/mol. The third-order valence-corrected chi connectivity index (χ3v) is 8.71.